The second kappa shape index (κ2) is 6.59. The number of nitro groups is 4. The molecule has 1 aromatic carbocycles. The summed E-state index contributed by atoms with van der Waals surface area (Å²) in [4.78, 5) is 43.1. The van der Waals surface area contributed by atoms with E-state index in [9.17, 15) is 45.7 Å². The molecule has 0 fully saturated rings. The van der Waals surface area contributed by atoms with E-state index in [1.807, 2.05) is 0 Å². The van der Waals surface area contributed by atoms with Crippen LogP contribution in [0.3, 0.4) is 0 Å². The van der Waals surface area contributed by atoms with E-state index in [0.717, 1.165) is 18.2 Å². The number of aromatic nitrogens is 1. The summed E-state index contributed by atoms with van der Waals surface area (Å²) in [6.45, 7) is 0. The standard InChI is InChI=1S/C11H6N6O9/c18-13-9(2-1-3-10(13)17(25)26)12-11-7(15(21)22)4-6(14(19)20)5-8(11)16(23)24/h1-5,18H. The average Bonchev–Trinajstić information content (AvgIpc) is 2.55. The molecule has 1 N–H and O–H groups in total. The third-order valence-electron chi connectivity index (χ3n) is 3.00. The van der Waals surface area contributed by atoms with Crippen LogP contribution in [0.5, 0.6) is 0 Å². The molecule has 26 heavy (non-hydrogen) atoms. The van der Waals surface area contributed by atoms with Gasteiger partial charge >= 0.3 is 17.2 Å². The van der Waals surface area contributed by atoms with Gasteiger partial charge < -0.3 is 15.3 Å². The Morgan fingerprint density at radius 1 is 0.846 bits per heavy atom. The van der Waals surface area contributed by atoms with Crippen LogP contribution < -0.4 is 5.49 Å². The molecule has 15 nitrogen and oxygen atoms in total. The van der Waals surface area contributed by atoms with Crippen molar-refractivity contribution in [3.63, 3.8) is 0 Å². The molecule has 0 spiro atoms. The number of benzene rings is 1. The first-order valence-electron chi connectivity index (χ1n) is 6.35. The maximum atomic E-state index is 11.1. The molecule has 0 unspecified atom stereocenters. The number of hydrogen-bond acceptors (Lipinski definition) is 10. The first kappa shape index (κ1) is 17.9. The minimum Gasteiger partial charge on any atom is -0.358 e. The molecule has 0 saturated heterocycles. The Balaban J connectivity index is 2.91. The normalized spacial score (nSPS) is 11.2. The average molecular weight is 366 g/mol. The van der Waals surface area contributed by atoms with Crippen LogP contribution in [0.1, 0.15) is 0 Å². The van der Waals surface area contributed by atoms with Crippen LogP contribution in [-0.4, -0.2) is 29.6 Å². The van der Waals surface area contributed by atoms with E-state index < -0.39 is 53.7 Å². The van der Waals surface area contributed by atoms with Gasteiger partial charge in [-0.05, 0) is 15.7 Å². The molecule has 0 amide bonds. The van der Waals surface area contributed by atoms with Gasteiger partial charge in [-0.2, -0.15) is 4.99 Å². The largest absolute Gasteiger partial charge is 0.363 e. The smallest absolute Gasteiger partial charge is 0.358 e. The van der Waals surface area contributed by atoms with Gasteiger partial charge in [-0.3, -0.25) is 30.3 Å². The third kappa shape index (κ3) is 3.25. The maximum absolute atomic E-state index is 11.1. The summed E-state index contributed by atoms with van der Waals surface area (Å²) in [5, 5.41) is 53.6. The minimum atomic E-state index is -1.14. The molecule has 1 heterocycles. The lowest BCUT2D eigenvalue weighted by Gasteiger charge is -2.01. The highest BCUT2D eigenvalue weighted by Gasteiger charge is 2.31. The maximum Gasteiger partial charge on any atom is 0.363 e. The summed E-state index contributed by atoms with van der Waals surface area (Å²) in [5.74, 6) is -0.863. The molecule has 2 aromatic rings. The quantitative estimate of drug-likeness (QED) is 0.461. The lowest BCUT2D eigenvalue weighted by atomic mass is 10.2. The number of pyridine rings is 1. The van der Waals surface area contributed by atoms with E-state index in [1.54, 1.807) is 0 Å². The molecule has 0 aliphatic heterocycles. The Labute approximate surface area is 140 Å². The number of non-ortho nitro benzene ring substituents is 1. The van der Waals surface area contributed by atoms with Crippen molar-refractivity contribution in [1.29, 1.82) is 0 Å². The highest BCUT2D eigenvalue weighted by atomic mass is 16.6. The van der Waals surface area contributed by atoms with Gasteiger partial charge in [0.1, 0.15) is 0 Å². The molecule has 0 aliphatic carbocycles. The fraction of sp³-hybridized carbons (Fsp3) is 0. The Morgan fingerprint density at radius 3 is 1.81 bits per heavy atom. The second-order valence-corrected chi connectivity index (χ2v) is 4.53. The van der Waals surface area contributed by atoms with Gasteiger partial charge in [0.2, 0.25) is 5.69 Å². The molecular formula is C11H6N6O9. The van der Waals surface area contributed by atoms with Crippen LogP contribution >= 0.6 is 0 Å². The van der Waals surface area contributed by atoms with E-state index >= 15 is 0 Å². The Bertz CT molecular complexity index is 992. The van der Waals surface area contributed by atoms with E-state index in [4.69, 9.17) is 0 Å². The SMILES string of the molecule is O=[N+]([O-])c1cc([N+](=O)[O-])c(N=c2cccc([N+](=O)[O-])n2O)c([N+](=O)[O-])c1. The van der Waals surface area contributed by atoms with E-state index in [-0.39, 0.29) is 4.73 Å². The van der Waals surface area contributed by atoms with Crippen LogP contribution in [-0.2, 0) is 0 Å². The highest BCUT2D eigenvalue weighted by molar-refractivity contribution is 5.74. The summed E-state index contributed by atoms with van der Waals surface area (Å²) < 4.78 is -0.0468. The highest BCUT2D eigenvalue weighted by Crippen LogP contribution is 2.40. The summed E-state index contributed by atoms with van der Waals surface area (Å²) in [5.41, 5.74) is -4.65. The summed E-state index contributed by atoms with van der Waals surface area (Å²) in [6, 6.07) is 3.85. The minimum absolute atomic E-state index is 0.0468. The van der Waals surface area contributed by atoms with Gasteiger partial charge in [-0.15, -0.1) is 0 Å². The molecule has 1 aromatic heterocycles. The predicted octanol–water partition coefficient (Wildman–Crippen LogP) is 1.59. The van der Waals surface area contributed by atoms with Crippen LogP contribution in [0.4, 0.5) is 28.6 Å². The molecule has 0 radical (unpaired) electrons. The number of nitro benzene ring substituents is 3. The van der Waals surface area contributed by atoms with Crippen LogP contribution in [0, 0.1) is 40.5 Å². The Morgan fingerprint density at radius 2 is 1.38 bits per heavy atom. The predicted molar refractivity (Wildman–Crippen MR) is 79.9 cm³/mol. The molecule has 134 valence electrons. The summed E-state index contributed by atoms with van der Waals surface area (Å²) >= 11 is 0. The lowest BCUT2D eigenvalue weighted by molar-refractivity contribution is -0.402. The third-order valence-corrected chi connectivity index (χ3v) is 3.00. The first-order valence-corrected chi connectivity index (χ1v) is 6.35. The van der Waals surface area contributed by atoms with Gasteiger partial charge in [0.05, 0.1) is 26.9 Å². The van der Waals surface area contributed by atoms with Crippen molar-refractivity contribution >= 4 is 28.6 Å². The first-order chi connectivity index (χ1) is 12.1. The Kier molecular flexibility index (Phi) is 4.54. The zero-order valence-corrected chi connectivity index (χ0v) is 12.3. The van der Waals surface area contributed by atoms with Crippen LogP contribution in [0.15, 0.2) is 35.3 Å². The van der Waals surface area contributed by atoms with Crippen LogP contribution in [0.2, 0.25) is 0 Å². The molecule has 2 rings (SSSR count). The van der Waals surface area contributed by atoms with Crippen molar-refractivity contribution in [2.75, 3.05) is 0 Å². The van der Waals surface area contributed by atoms with Gasteiger partial charge in [0.25, 0.3) is 11.2 Å². The van der Waals surface area contributed by atoms with Gasteiger partial charge in [-0.1, -0.05) is 0 Å². The summed E-state index contributed by atoms with van der Waals surface area (Å²) in [7, 11) is 0. The molecule has 0 bridgehead atoms. The van der Waals surface area contributed by atoms with Gasteiger partial charge in [0, 0.05) is 12.1 Å². The van der Waals surface area contributed by atoms with E-state index in [0.29, 0.717) is 12.1 Å². The monoisotopic (exact) mass is 366 g/mol. The van der Waals surface area contributed by atoms with Crippen LogP contribution in [0.25, 0.3) is 0 Å². The summed E-state index contributed by atoms with van der Waals surface area (Å²) in [6.07, 6.45) is 0. The Hall–Kier alpha value is -4.43. The van der Waals surface area contributed by atoms with Gasteiger partial charge in [-0.25, -0.2) is 0 Å². The van der Waals surface area contributed by atoms with Crippen molar-refractivity contribution in [3.05, 3.63) is 76.3 Å². The lowest BCUT2D eigenvalue weighted by Crippen LogP contribution is -2.20. The number of nitrogens with zero attached hydrogens (tertiary/aromatic N) is 6. The molecule has 0 aliphatic rings. The van der Waals surface area contributed by atoms with Crippen molar-refractivity contribution in [2.45, 2.75) is 0 Å². The van der Waals surface area contributed by atoms with Crippen molar-refractivity contribution < 1.29 is 24.9 Å². The van der Waals surface area contributed by atoms with Crippen molar-refractivity contribution in [2.24, 2.45) is 4.99 Å². The van der Waals surface area contributed by atoms with E-state index in [2.05, 4.69) is 4.99 Å². The molecule has 0 atom stereocenters. The fourth-order valence-corrected chi connectivity index (χ4v) is 1.90. The number of hydrogen-bond donors (Lipinski definition) is 1. The zero-order valence-electron chi connectivity index (χ0n) is 12.3. The van der Waals surface area contributed by atoms with Crippen molar-refractivity contribution in [1.82, 2.24) is 4.73 Å². The zero-order chi connectivity index (χ0) is 19.6. The topological polar surface area (TPSA) is 210 Å². The fourth-order valence-electron chi connectivity index (χ4n) is 1.90. The van der Waals surface area contributed by atoms with E-state index in [1.165, 1.54) is 0 Å². The number of rotatable bonds is 5. The van der Waals surface area contributed by atoms with Crippen molar-refractivity contribution in [3.8, 4) is 0 Å². The second-order valence-electron chi connectivity index (χ2n) is 4.53. The molecule has 0 saturated carbocycles. The molecule has 15 heteroatoms. The molecular weight excluding hydrogens is 360 g/mol. The van der Waals surface area contributed by atoms with Gasteiger partial charge in [0.15, 0.2) is 0 Å².